The van der Waals surface area contributed by atoms with Crippen molar-refractivity contribution in [1.82, 2.24) is 0 Å². The van der Waals surface area contributed by atoms with E-state index in [0.717, 1.165) is 12.8 Å². The van der Waals surface area contributed by atoms with Crippen molar-refractivity contribution in [1.29, 1.82) is 0 Å². The van der Waals surface area contributed by atoms with Crippen LogP contribution in [0.4, 0.5) is 0 Å². The third-order valence-corrected chi connectivity index (χ3v) is 3.12. The molecule has 0 saturated carbocycles. The molecule has 0 amide bonds. The van der Waals surface area contributed by atoms with Gasteiger partial charge in [0.1, 0.15) is 5.75 Å². The van der Waals surface area contributed by atoms with Crippen molar-refractivity contribution in [3.05, 3.63) is 30.3 Å². The SMILES string of the molecule is CCCCCCCCC(Oc1ccccc1)C(=O)O. The lowest BCUT2D eigenvalue weighted by molar-refractivity contribution is -0.145. The maximum atomic E-state index is 11.1. The van der Waals surface area contributed by atoms with Crippen LogP contribution in [0.15, 0.2) is 30.3 Å². The molecule has 1 aromatic carbocycles. The van der Waals surface area contributed by atoms with Gasteiger partial charge in [-0.1, -0.05) is 57.2 Å². The van der Waals surface area contributed by atoms with E-state index in [9.17, 15) is 4.79 Å². The monoisotopic (exact) mass is 264 g/mol. The minimum Gasteiger partial charge on any atom is -0.479 e. The number of carboxylic acids is 1. The molecular weight excluding hydrogens is 240 g/mol. The summed E-state index contributed by atoms with van der Waals surface area (Å²) in [6, 6.07) is 9.16. The number of ether oxygens (including phenoxy) is 1. The van der Waals surface area contributed by atoms with E-state index in [4.69, 9.17) is 9.84 Å². The first-order valence-corrected chi connectivity index (χ1v) is 7.18. The van der Waals surface area contributed by atoms with Crippen LogP contribution in [0.3, 0.4) is 0 Å². The summed E-state index contributed by atoms with van der Waals surface area (Å²) in [7, 11) is 0. The van der Waals surface area contributed by atoms with Gasteiger partial charge in [-0.2, -0.15) is 0 Å². The van der Waals surface area contributed by atoms with E-state index < -0.39 is 12.1 Å². The highest BCUT2D eigenvalue weighted by atomic mass is 16.5. The molecule has 3 heteroatoms. The van der Waals surface area contributed by atoms with Gasteiger partial charge in [-0.15, -0.1) is 0 Å². The second kappa shape index (κ2) is 9.42. The van der Waals surface area contributed by atoms with Crippen LogP contribution in [0.25, 0.3) is 0 Å². The molecule has 1 N–H and O–H groups in total. The largest absolute Gasteiger partial charge is 0.479 e. The Bertz CT molecular complexity index is 348. The zero-order chi connectivity index (χ0) is 13.9. The molecule has 1 atom stereocenters. The van der Waals surface area contributed by atoms with Crippen molar-refractivity contribution in [2.75, 3.05) is 0 Å². The second-order valence-electron chi connectivity index (χ2n) is 4.81. The van der Waals surface area contributed by atoms with Crippen LogP contribution in [0.1, 0.15) is 51.9 Å². The summed E-state index contributed by atoms with van der Waals surface area (Å²) >= 11 is 0. The van der Waals surface area contributed by atoms with Crippen LogP contribution in [0.2, 0.25) is 0 Å². The molecule has 19 heavy (non-hydrogen) atoms. The Labute approximate surface area is 115 Å². The molecule has 3 nitrogen and oxygen atoms in total. The van der Waals surface area contributed by atoms with Gasteiger partial charge in [0, 0.05) is 0 Å². The summed E-state index contributed by atoms with van der Waals surface area (Å²) in [6.45, 7) is 2.19. The molecule has 1 aromatic rings. The highest BCUT2D eigenvalue weighted by Gasteiger charge is 2.18. The molecule has 0 radical (unpaired) electrons. The minimum absolute atomic E-state index is 0.580. The number of unbranched alkanes of at least 4 members (excludes halogenated alkanes) is 5. The molecule has 0 aliphatic rings. The Morgan fingerprint density at radius 2 is 1.74 bits per heavy atom. The molecule has 0 spiro atoms. The number of para-hydroxylation sites is 1. The average molecular weight is 264 g/mol. The van der Waals surface area contributed by atoms with E-state index in [-0.39, 0.29) is 0 Å². The van der Waals surface area contributed by atoms with Crippen molar-refractivity contribution in [3.63, 3.8) is 0 Å². The van der Waals surface area contributed by atoms with Gasteiger partial charge < -0.3 is 9.84 Å². The van der Waals surface area contributed by atoms with Gasteiger partial charge in [0.2, 0.25) is 0 Å². The lowest BCUT2D eigenvalue weighted by Gasteiger charge is -2.14. The highest BCUT2D eigenvalue weighted by molar-refractivity contribution is 5.72. The molecule has 1 unspecified atom stereocenters. The average Bonchev–Trinajstić information content (AvgIpc) is 2.42. The molecule has 0 bridgehead atoms. The molecule has 0 fully saturated rings. The third-order valence-electron chi connectivity index (χ3n) is 3.12. The van der Waals surface area contributed by atoms with Crippen LogP contribution in [0.5, 0.6) is 5.75 Å². The van der Waals surface area contributed by atoms with Crippen LogP contribution in [0, 0.1) is 0 Å². The fourth-order valence-corrected chi connectivity index (χ4v) is 2.01. The Morgan fingerprint density at radius 1 is 1.11 bits per heavy atom. The zero-order valence-electron chi connectivity index (χ0n) is 11.7. The minimum atomic E-state index is -0.877. The summed E-state index contributed by atoms with van der Waals surface area (Å²) in [6.07, 6.45) is 6.77. The molecule has 0 aliphatic heterocycles. The van der Waals surface area contributed by atoms with Gasteiger partial charge in [-0.3, -0.25) is 0 Å². The molecule has 0 aromatic heterocycles. The Morgan fingerprint density at radius 3 is 2.37 bits per heavy atom. The summed E-state index contributed by atoms with van der Waals surface area (Å²) in [4.78, 5) is 11.1. The standard InChI is InChI=1S/C16H24O3/c1-2-3-4-5-6-10-13-15(16(17)18)19-14-11-8-7-9-12-14/h7-9,11-12,15H,2-6,10,13H2,1H3,(H,17,18). The van der Waals surface area contributed by atoms with Crippen LogP contribution in [-0.4, -0.2) is 17.2 Å². The number of carbonyl (C=O) groups is 1. The summed E-state index contributed by atoms with van der Waals surface area (Å²) in [5, 5.41) is 9.15. The van der Waals surface area contributed by atoms with Gasteiger partial charge in [-0.05, 0) is 25.0 Å². The first-order chi connectivity index (χ1) is 9.24. The molecular formula is C16H24O3. The van der Waals surface area contributed by atoms with E-state index >= 15 is 0 Å². The van der Waals surface area contributed by atoms with E-state index in [1.165, 1.54) is 25.7 Å². The Hall–Kier alpha value is -1.51. The van der Waals surface area contributed by atoms with E-state index in [2.05, 4.69) is 6.92 Å². The number of benzene rings is 1. The van der Waals surface area contributed by atoms with Crippen LogP contribution >= 0.6 is 0 Å². The summed E-state index contributed by atoms with van der Waals surface area (Å²) in [5.74, 6) is -0.252. The zero-order valence-corrected chi connectivity index (χ0v) is 11.7. The first-order valence-electron chi connectivity index (χ1n) is 7.18. The predicted molar refractivity (Wildman–Crippen MR) is 76.5 cm³/mol. The third kappa shape index (κ3) is 6.85. The number of rotatable bonds is 10. The lowest BCUT2D eigenvalue weighted by atomic mass is 10.1. The van der Waals surface area contributed by atoms with Crippen molar-refractivity contribution >= 4 is 5.97 Å². The van der Waals surface area contributed by atoms with Crippen molar-refractivity contribution in [2.45, 2.75) is 58.0 Å². The summed E-state index contributed by atoms with van der Waals surface area (Å²) in [5.41, 5.74) is 0. The van der Waals surface area contributed by atoms with E-state index in [1.807, 2.05) is 18.2 Å². The van der Waals surface area contributed by atoms with Gasteiger partial charge in [0.25, 0.3) is 0 Å². The molecule has 1 rings (SSSR count). The molecule has 0 aliphatic carbocycles. The highest BCUT2D eigenvalue weighted by Crippen LogP contribution is 2.15. The maximum Gasteiger partial charge on any atom is 0.344 e. The van der Waals surface area contributed by atoms with E-state index in [1.54, 1.807) is 12.1 Å². The first kappa shape index (κ1) is 15.5. The van der Waals surface area contributed by atoms with Crippen molar-refractivity contribution in [3.8, 4) is 5.75 Å². The van der Waals surface area contributed by atoms with Gasteiger partial charge in [0.15, 0.2) is 6.10 Å². The number of carboxylic acid groups (broad SMARTS) is 1. The van der Waals surface area contributed by atoms with Crippen molar-refractivity contribution < 1.29 is 14.6 Å². The molecule has 0 saturated heterocycles. The Kier molecular flexibility index (Phi) is 7.71. The topological polar surface area (TPSA) is 46.5 Å². The van der Waals surface area contributed by atoms with Gasteiger partial charge in [-0.25, -0.2) is 4.79 Å². The maximum absolute atomic E-state index is 11.1. The number of hydrogen-bond donors (Lipinski definition) is 1. The molecule has 106 valence electrons. The normalized spacial score (nSPS) is 12.1. The number of hydrogen-bond acceptors (Lipinski definition) is 2. The smallest absolute Gasteiger partial charge is 0.344 e. The predicted octanol–water partition coefficient (Wildman–Crippen LogP) is 4.27. The lowest BCUT2D eigenvalue weighted by Crippen LogP contribution is -2.26. The quantitative estimate of drug-likeness (QED) is 0.642. The van der Waals surface area contributed by atoms with Gasteiger partial charge in [0.05, 0.1) is 0 Å². The fourth-order valence-electron chi connectivity index (χ4n) is 2.01. The van der Waals surface area contributed by atoms with Crippen molar-refractivity contribution in [2.24, 2.45) is 0 Å². The fraction of sp³-hybridized carbons (Fsp3) is 0.562. The van der Waals surface area contributed by atoms with Gasteiger partial charge >= 0.3 is 5.97 Å². The van der Waals surface area contributed by atoms with Crippen LogP contribution in [-0.2, 0) is 4.79 Å². The van der Waals surface area contributed by atoms with E-state index in [0.29, 0.717) is 12.2 Å². The number of aliphatic carboxylic acids is 1. The second-order valence-corrected chi connectivity index (χ2v) is 4.81. The van der Waals surface area contributed by atoms with Crippen LogP contribution < -0.4 is 4.74 Å². The molecule has 0 heterocycles. The summed E-state index contributed by atoms with van der Waals surface area (Å²) < 4.78 is 5.50. The Balaban J connectivity index is 2.27.